The number of carbonyl (C=O) groups is 2. The largest absolute Gasteiger partial charge is 0.328 e. The maximum atomic E-state index is 12.5. The maximum absolute atomic E-state index is 12.5. The lowest BCUT2D eigenvalue weighted by Crippen LogP contribution is -2.31. The van der Waals surface area contributed by atoms with E-state index in [2.05, 4.69) is 25.6 Å². The third kappa shape index (κ3) is 8.22. The lowest BCUT2D eigenvalue weighted by Gasteiger charge is -2.10. The van der Waals surface area contributed by atoms with E-state index in [1.165, 1.54) is 21.5 Å². The predicted octanol–water partition coefficient (Wildman–Crippen LogP) is 2.12. The van der Waals surface area contributed by atoms with E-state index in [1.54, 1.807) is 56.5 Å². The Balaban J connectivity index is 1.28. The third-order valence-corrected chi connectivity index (χ3v) is 6.58. The van der Waals surface area contributed by atoms with Crippen LogP contribution >= 0.6 is 0 Å². The number of hydrogen-bond acceptors (Lipinski definition) is 7. The van der Waals surface area contributed by atoms with Crippen LogP contribution in [0.3, 0.4) is 0 Å². The van der Waals surface area contributed by atoms with Crippen LogP contribution in [0.1, 0.15) is 35.1 Å². The van der Waals surface area contributed by atoms with Gasteiger partial charge in [0, 0.05) is 67.0 Å². The molecule has 13 heteroatoms. The first kappa shape index (κ1) is 30.4. The van der Waals surface area contributed by atoms with E-state index in [4.69, 9.17) is 0 Å². The average molecular weight is 586 g/mol. The molecule has 222 valence electrons. The Labute approximate surface area is 245 Å². The number of amides is 2. The van der Waals surface area contributed by atoms with E-state index in [0.29, 0.717) is 28.2 Å². The number of carbonyl (C=O) groups excluding carboxylic acids is 2. The Bertz CT molecular complexity index is 1930. The van der Waals surface area contributed by atoms with E-state index >= 15 is 0 Å². The molecule has 4 N–H and O–H groups in total. The monoisotopic (exact) mass is 585 g/mol. The molecule has 0 unspecified atom stereocenters. The number of aromatic amines is 2. The summed E-state index contributed by atoms with van der Waals surface area (Å²) < 4.78 is 2.58. The van der Waals surface area contributed by atoms with Crippen LogP contribution in [0.2, 0.25) is 0 Å². The second-order valence-electron chi connectivity index (χ2n) is 10.0. The summed E-state index contributed by atoms with van der Waals surface area (Å²) in [5.74, 6) is -0.553. The van der Waals surface area contributed by atoms with Crippen molar-refractivity contribution in [2.75, 3.05) is 10.6 Å². The van der Waals surface area contributed by atoms with Crippen molar-refractivity contribution >= 4 is 35.1 Å². The Morgan fingerprint density at radius 1 is 0.744 bits per heavy atom. The molecule has 0 aliphatic carbocycles. The molecule has 0 spiro atoms. The number of nitrogens with one attached hydrogen (secondary N) is 4. The molecule has 0 saturated heterocycles. The molecule has 0 aliphatic rings. The zero-order chi connectivity index (χ0) is 31.1. The van der Waals surface area contributed by atoms with E-state index < -0.39 is 22.5 Å². The van der Waals surface area contributed by atoms with Crippen LogP contribution in [0.5, 0.6) is 0 Å². The van der Waals surface area contributed by atoms with Gasteiger partial charge in [-0.2, -0.15) is 0 Å². The van der Waals surface area contributed by atoms with Crippen molar-refractivity contribution in [2.24, 2.45) is 4.99 Å². The van der Waals surface area contributed by atoms with E-state index in [9.17, 15) is 28.8 Å². The summed E-state index contributed by atoms with van der Waals surface area (Å²) in [6.45, 7) is 5.28. The number of H-pyrrole nitrogens is 2. The molecule has 2 heterocycles. The number of benzene rings is 2. The lowest BCUT2D eigenvalue weighted by molar-refractivity contribution is -0.117. The van der Waals surface area contributed by atoms with Crippen molar-refractivity contribution in [3.63, 3.8) is 0 Å². The highest BCUT2D eigenvalue weighted by atomic mass is 16.2. The van der Waals surface area contributed by atoms with Crippen molar-refractivity contribution in [3.8, 4) is 0 Å². The quantitative estimate of drug-likeness (QED) is 0.207. The first-order valence-electron chi connectivity index (χ1n) is 13.4. The summed E-state index contributed by atoms with van der Waals surface area (Å²) in [5, 5.41) is 5.61. The normalized spacial score (nSPS) is 11.0. The van der Waals surface area contributed by atoms with Gasteiger partial charge in [-0.3, -0.25) is 43.3 Å². The van der Waals surface area contributed by atoms with Crippen molar-refractivity contribution in [2.45, 2.75) is 46.7 Å². The van der Waals surface area contributed by atoms with Gasteiger partial charge in [-0.05, 0) is 62.2 Å². The molecular weight excluding hydrogens is 554 g/mol. The molecule has 13 nitrogen and oxygen atoms in total. The summed E-state index contributed by atoms with van der Waals surface area (Å²) in [6.07, 6.45) is 4.64. The fraction of sp³-hybridized carbons (Fsp3) is 0.233. The molecule has 4 rings (SSSR count). The van der Waals surface area contributed by atoms with Crippen LogP contribution in [0.4, 0.5) is 17.1 Å². The second kappa shape index (κ2) is 13.4. The molecule has 0 atom stereocenters. The predicted molar refractivity (Wildman–Crippen MR) is 163 cm³/mol. The van der Waals surface area contributed by atoms with Crippen molar-refractivity contribution < 1.29 is 9.59 Å². The number of aromatic nitrogens is 4. The van der Waals surface area contributed by atoms with Gasteiger partial charge in [0.15, 0.2) is 0 Å². The van der Waals surface area contributed by atoms with Gasteiger partial charge in [-0.15, -0.1) is 0 Å². The molecule has 43 heavy (non-hydrogen) atoms. The molecule has 0 aliphatic heterocycles. The Morgan fingerprint density at radius 3 is 1.81 bits per heavy atom. The van der Waals surface area contributed by atoms with Crippen molar-refractivity contribution in [1.82, 2.24) is 19.1 Å². The second-order valence-corrected chi connectivity index (χ2v) is 10.0. The number of aryl methyl sites for hydroxylation is 5. The molecule has 2 amide bonds. The van der Waals surface area contributed by atoms with Crippen LogP contribution in [0, 0.1) is 20.8 Å². The highest BCUT2D eigenvalue weighted by Gasteiger charge is 2.09. The highest BCUT2D eigenvalue weighted by molar-refractivity contribution is 5.92. The molecule has 2 aromatic heterocycles. The van der Waals surface area contributed by atoms with Gasteiger partial charge >= 0.3 is 11.4 Å². The van der Waals surface area contributed by atoms with E-state index in [-0.39, 0.29) is 37.7 Å². The minimum absolute atomic E-state index is 0.0516. The average Bonchev–Trinajstić information content (AvgIpc) is 2.96. The zero-order valence-corrected chi connectivity index (χ0v) is 23.9. The van der Waals surface area contributed by atoms with Crippen molar-refractivity contribution in [1.29, 1.82) is 0 Å². The lowest BCUT2D eigenvalue weighted by atomic mass is 10.1. The number of aliphatic imine (C=N–C) groups is 1. The number of anilines is 2. The van der Waals surface area contributed by atoms with Gasteiger partial charge in [0.25, 0.3) is 11.1 Å². The van der Waals surface area contributed by atoms with Crippen LogP contribution in [0.25, 0.3) is 0 Å². The topological polar surface area (TPSA) is 180 Å². The smallest absolute Gasteiger partial charge is 0.326 e. The van der Waals surface area contributed by atoms with Crippen LogP contribution in [-0.2, 0) is 22.7 Å². The standard InChI is InChI=1S/C30H31N7O6/c1-18-14-23(8-9-24(18)33-26(39)11-13-37-17-20(3)28(41)35-30(37)43)31-15-21-4-6-22(7-5-21)32-25(38)10-12-36-16-19(2)27(40)34-29(36)42/h4-9,14-17H,10-13H2,1-3H3,(H,32,38)(H,33,39)(H,34,40,42)(H,35,41,43). The Hall–Kier alpha value is -5.59. The van der Waals surface area contributed by atoms with Gasteiger partial charge in [-0.1, -0.05) is 12.1 Å². The number of rotatable bonds is 10. The summed E-state index contributed by atoms with van der Waals surface area (Å²) in [6, 6.07) is 12.4. The number of nitrogens with zero attached hydrogens (tertiary/aromatic N) is 3. The Morgan fingerprint density at radius 2 is 1.28 bits per heavy atom. The summed E-state index contributed by atoms with van der Waals surface area (Å²) in [7, 11) is 0. The van der Waals surface area contributed by atoms with Crippen LogP contribution in [0.15, 0.2) is 79.0 Å². The van der Waals surface area contributed by atoms with Gasteiger partial charge < -0.3 is 10.6 Å². The first-order valence-corrected chi connectivity index (χ1v) is 13.4. The summed E-state index contributed by atoms with van der Waals surface area (Å²) in [5.41, 5.74) is 2.25. The molecule has 0 fully saturated rings. The first-order chi connectivity index (χ1) is 20.5. The SMILES string of the molecule is Cc1cc(N=Cc2ccc(NC(=O)CCn3cc(C)c(=O)[nH]c3=O)cc2)ccc1NC(=O)CCn1cc(C)c(=O)[nH]c1=O. The molecule has 0 bridgehead atoms. The van der Waals surface area contributed by atoms with Crippen LogP contribution in [-0.4, -0.2) is 37.1 Å². The molecule has 0 saturated carbocycles. The maximum Gasteiger partial charge on any atom is 0.328 e. The van der Waals surface area contributed by atoms with Crippen molar-refractivity contribution in [3.05, 3.63) is 119 Å². The zero-order valence-electron chi connectivity index (χ0n) is 23.9. The van der Waals surface area contributed by atoms with Gasteiger partial charge in [0.1, 0.15) is 0 Å². The fourth-order valence-electron chi connectivity index (χ4n) is 4.12. The van der Waals surface area contributed by atoms with Crippen LogP contribution < -0.4 is 33.1 Å². The molecular formula is C30H31N7O6. The Kier molecular flexibility index (Phi) is 9.45. The van der Waals surface area contributed by atoms with Gasteiger partial charge in [0.2, 0.25) is 11.8 Å². The van der Waals surface area contributed by atoms with E-state index in [1.807, 2.05) is 13.0 Å². The third-order valence-electron chi connectivity index (χ3n) is 6.58. The van der Waals surface area contributed by atoms with E-state index in [0.717, 1.165) is 11.1 Å². The molecule has 4 aromatic rings. The minimum Gasteiger partial charge on any atom is -0.326 e. The number of hydrogen-bond donors (Lipinski definition) is 4. The highest BCUT2D eigenvalue weighted by Crippen LogP contribution is 2.22. The summed E-state index contributed by atoms with van der Waals surface area (Å²) >= 11 is 0. The minimum atomic E-state index is -0.561. The summed E-state index contributed by atoms with van der Waals surface area (Å²) in [4.78, 5) is 80.4. The van der Waals surface area contributed by atoms with Gasteiger partial charge in [0.05, 0.1) is 5.69 Å². The molecule has 0 radical (unpaired) electrons. The molecule has 2 aromatic carbocycles. The fourth-order valence-corrected chi connectivity index (χ4v) is 4.12. The van der Waals surface area contributed by atoms with Gasteiger partial charge in [-0.25, -0.2) is 9.59 Å².